The molecule has 108 valence electrons. The topological polar surface area (TPSA) is 29.9 Å². The van der Waals surface area contributed by atoms with Gasteiger partial charge >= 0.3 is 0 Å². The predicted molar refractivity (Wildman–Crippen MR) is 83.9 cm³/mol. The van der Waals surface area contributed by atoms with Gasteiger partial charge in [0.2, 0.25) is 0 Å². The third kappa shape index (κ3) is 3.48. The van der Waals surface area contributed by atoms with Gasteiger partial charge in [0.05, 0.1) is 0 Å². The molecule has 1 unspecified atom stereocenters. The van der Waals surface area contributed by atoms with E-state index in [1.807, 2.05) is 12.4 Å². The summed E-state index contributed by atoms with van der Waals surface area (Å²) in [6.45, 7) is 7.57. The molecule has 3 nitrogen and oxygen atoms in total. The Bertz CT molecular complexity index is 557. The van der Waals surface area contributed by atoms with Gasteiger partial charge in [0.15, 0.2) is 0 Å². The summed E-state index contributed by atoms with van der Waals surface area (Å²) < 4.78 is 2.10. The second-order valence-electron chi connectivity index (χ2n) is 5.53. The first-order valence-electron chi connectivity index (χ1n) is 7.38. The Morgan fingerprint density at radius 3 is 2.70 bits per heavy atom. The highest BCUT2D eigenvalue weighted by atomic mass is 15.0. The molecule has 0 saturated heterocycles. The monoisotopic (exact) mass is 271 g/mol. The Kier molecular flexibility index (Phi) is 4.96. The molecule has 1 heterocycles. The summed E-state index contributed by atoms with van der Waals surface area (Å²) in [5, 5.41) is 3.66. The molecule has 1 atom stereocenters. The zero-order valence-corrected chi connectivity index (χ0v) is 13.0. The van der Waals surface area contributed by atoms with Crippen LogP contribution in [0.1, 0.15) is 41.9 Å². The van der Waals surface area contributed by atoms with Crippen molar-refractivity contribution in [3.05, 3.63) is 53.1 Å². The molecule has 0 aliphatic rings. The number of hydrogen-bond acceptors (Lipinski definition) is 2. The van der Waals surface area contributed by atoms with Gasteiger partial charge in [0.1, 0.15) is 5.82 Å². The molecule has 20 heavy (non-hydrogen) atoms. The molecule has 0 spiro atoms. The van der Waals surface area contributed by atoms with E-state index < -0.39 is 0 Å². The van der Waals surface area contributed by atoms with E-state index >= 15 is 0 Å². The number of rotatable bonds is 6. The molecule has 0 radical (unpaired) electrons. The molecule has 0 aliphatic heterocycles. The highest BCUT2D eigenvalue weighted by Crippen LogP contribution is 2.22. The van der Waals surface area contributed by atoms with Crippen LogP contribution in [-0.4, -0.2) is 16.1 Å². The largest absolute Gasteiger partial charge is 0.338 e. The van der Waals surface area contributed by atoms with Crippen LogP contribution >= 0.6 is 0 Å². The molecule has 0 saturated carbocycles. The third-order valence-electron chi connectivity index (χ3n) is 3.75. The molecule has 0 aliphatic carbocycles. The van der Waals surface area contributed by atoms with E-state index in [9.17, 15) is 0 Å². The second-order valence-corrected chi connectivity index (χ2v) is 5.53. The number of nitrogens with one attached hydrogen (secondary N) is 1. The molecule has 0 amide bonds. The smallest absolute Gasteiger partial charge is 0.110 e. The van der Waals surface area contributed by atoms with E-state index in [2.05, 4.69) is 60.9 Å². The summed E-state index contributed by atoms with van der Waals surface area (Å²) in [4.78, 5) is 4.46. The van der Waals surface area contributed by atoms with Crippen LogP contribution in [0.25, 0.3) is 0 Å². The second kappa shape index (κ2) is 6.71. The highest BCUT2D eigenvalue weighted by molar-refractivity contribution is 5.33. The summed E-state index contributed by atoms with van der Waals surface area (Å²) in [7, 11) is 2.06. The lowest BCUT2D eigenvalue weighted by Crippen LogP contribution is -2.25. The van der Waals surface area contributed by atoms with Gasteiger partial charge in [0, 0.05) is 31.9 Å². The van der Waals surface area contributed by atoms with Gasteiger partial charge in [-0.05, 0) is 37.9 Å². The Morgan fingerprint density at radius 1 is 1.30 bits per heavy atom. The van der Waals surface area contributed by atoms with Gasteiger partial charge in [-0.1, -0.05) is 30.7 Å². The number of nitrogens with zero attached hydrogens (tertiary/aromatic N) is 2. The molecule has 1 aromatic heterocycles. The van der Waals surface area contributed by atoms with E-state index in [1.54, 1.807) is 0 Å². The van der Waals surface area contributed by atoms with Crippen molar-refractivity contribution < 1.29 is 0 Å². The SMILES string of the molecule is CCCNC(Cc1nccn1C)c1ccc(C)cc1C. The van der Waals surface area contributed by atoms with Gasteiger partial charge in [-0.3, -0.25) is 0 Å². The standard InChI is InChI=1S/C17H25N3/c1-5-8-18-16(12-17-19-9-10-20(17)4)15-7-6-13(2)11-14(15)3/h6-7,9-11,16,18H,5,8,12H2,1-4H3. The van der Waals surface area contributed by atoms with Crippen molar-refractivity contribution in [2.45, 2.75) is 39.7 Å². The number of hydrogen-bond donors (Lipinski definition) is 1. The number of aromatic nitrogens is 2. The maximum absolute atomic E-state index is 4.46. The summed E-state index contributed by atoms with van der Waals surface area (Å²) in [6.07, 6.45) is 5.94. The third-order valence-corrected chi connectivity index (χ3v) is 3.75. The first kappa shape index (κ1) is 14.8. The van der Waals surface area contributed by atoms with Crippen molar-refractivity contribution in [1.82, 2.24) is 14.9 Å². The number of aryl methyl sites for hydroxylation is 3. The van der Waals surface area contributed by atoms with Crippen LogP contribution in [0.4, 0.5) is 0 Å². The Morgan fingerprint density at radius 2 is 2.10 bits per heavy atom. The van der Waals surface area contributed by atoms with E-state index in [0.29, 0.717) is 6.04 Å². The fourth-order valence-corrected chi connectivity index (χ4v) is 2.60. The van der Waals surface area contributed by atoms with E-state index in [4.69, 9.17) is 0 Å². The fourth-order valence-electron chi connectivity index (χ4n) is 2.60. The molecular formula is C17H25N3. The molecule has 0 bridgehead atoms. The average Bonchev–Trinajstić information content (AvgIpc) is 2.80. The van der Waals surface area contributed by atoms with Gasteiger partial charge in [-0.25, -0.2) is 4.98 Å². The number of benzene rings is 1. The zero-order chi connectivity index (χ0) is 14.5. The molecular weight excluding hydrogens is 246 g/mol. The lowest BCUT2D eigenvalue weighted by molar-refractivity contribution is 0.510. The predicted octanol–water partition coefficient (Wildman–Crippen LogP) is 3.32. The quantitative estimate of drug-likeness (QED) is 0.873. The van der Waals surface area contributed by atoms with E-state index in [0.717, 1.165) is 25.2 Å². The first-order chi connectivity index (χ1) is 9.61. The van der Waals surface area contributed by atoms with Crippen LogP contribution in [-0.2, 0) is 13.5 Å². The summed E-state index contributed by atoms with van der Waals surface area (Å²) in [5.74, 6) is 1.12. The lowest BCUT2D eigenvalue weighted by Gasteiger charge is -2.21. The molecule has 3 heteroatoms. The van der Waals surface area contributed by atoms with E-state index in [1.165, 1.54) is 16.7 Å². The minimum absolute atomic E-state index is 0.330. The lowest BCUT2D eigenvalue weighted by atomic mass is 9.96. The molecule has 1 aromatic carbocycles. The normalized spacial score (nSPS) is 12.6. The van der Waals surface area contributed by atoms with Crippen LogP contribution in [0.15, 0.2) is 30.6 Å². The molecule has 1 N–H and O–H groups in total. The molecule has 2 aromatic rings. The highest BCUT2D eigenvalue weighted by Gasteiger charge is 2.16. The fraction of sp³-hybridized carbons (Fsp3) is 0.471. The molecule has 2 rings (SSSR count). The minimum atomic E-state index is 0.330. The van der Waals surface area contributed by atoms with Crippen LogP contribution in [0.2, 0.25) is 0 Å². The Balaban J connectivity index is 2.24. The van der Waals surface area contributed by atoms with Crippen molar-refractivity contribution in [1.29, 1.82) is 0 Å². The zero-order valence-electron chi connectivity index (χ0n) is 13.0. The van der Waals surface area contributed by atoms with Crippen molar-refractivity contribution in [2.75, 3.05) is 6.54 Å². The Labute approximate surface area is 122 Å². The number of imidazole rings is 1. The van der Waals surface area contributed by atoms with Crippen molar-refractivity contribution in [3.8, 4) is 0 Å². The van der Waals surface area contributed by atoms with Crippen LogP contribution in [0, 0.1) is 13.8 Å². The Hall–Kier alpha value is -1.61. The van der Waals surface area contributed by atoms with Crippen molar-refractivity contribution in [2.24, 2.45) is 7.05 Å². The van der Waals surface area contributed by atoms with Gasteiger partial charge < -0.3 is 9.88 Å². The summed E-state index contributed by atoms with van der Waals surface area (Å²) >= 11 is 0. The maximum Gasteiger partial charge on any atom is 0.110 e. The van der Waals surface area contributed by atoms with Crippen molar-refractivity contribution in [3.63, 3.8) is 0 Å². The van der Waals surface area contributed by atoms with Gasteiger partial charge in [0.25, 0.3) is 0 Å². The average molecular weight is 271 g/mol. The minimum Gasteiger partial charge on any atom is -0.338 e. The summed E-state index contributed by atoms with van der Waals surface area (Å²) in [5.41, 5.74) is 4.05. The molecule has 0 fully saturated rings. The van der Waals surface area contributed by atoms with Gasteiger partial charge in [-0.15, -0.1) is 0 Å². The van der Waals surface area contributed by atoms with Crippen LogP contribution < -0.4 is 5.32 Å². The maximum atomic E-state index is 4.46. The van der Waals surface area contributed by atoms with Crippen LogP contribution in [0.3, 0.4) is 0 Å². The first-order valence-corrected chi connectivity index (χ1v) is 7.38. The van der Waals surface area contributed by atoms with E-state index in [-0.39, 0.29) is 0 Å². The van der Waals surface area contributed by atoms with Gasteiger partial charge in [-0.2, -0.15) is 0 Å². The van der Waals surface area contributed by atoms with Crippen molar-refractivity contribution >= 4 is 0 Å². The van der Waals surface area contributed by atoms with Crippen LogP contribution in [0.5, 0.6) is 0 Å². The summed E-state index contributed by atoms with van der Waals surface area (Å²) in [6, 6.07) is 7.04.